The first-order chi connectivity index (χ1) is 14.7. The third-order valence-electron chi connectivity index (χ3n) is 5.05. The van der Waals surface area contributed by atoms with Gasteiger partial charge in [-0.2, -0.15) is 0 Å². The van der Waals surface area contributed by atoms with Gasteiger partial charge >= 0.3 is 5.97 Å². The third-order valence-corrected chi connectivity index (χ3v) is 6.34. The van der Waals surface area contributed by atoms with E-state index in [-0.39, 0.29) is 5.25 Å². The van der Waals surface area contributed by atoms with Crippen molar-refractivity contribution < 1.29 is 19.4 Å². The molecule has 1 aliphatic rings. The molecule has 3 aromatic carbocycles. The Balaban J connectivity index is 1.28. The van der Waals surface area contributed by atoms with Crippen LogP contribution in [0.1, 0.15) is 22.3 Å². The van der Waals surface area contributed by atoms with Crippen molar-refractivity contribution in [3.63, 3.8) is 0 Å². The molecule has 0 radical (unpaired) electrons. The molecule has 0 bridgehead atoms. The van der Waals surface area contributed by atoms with Crippen LogP contribution in [0.5, 0.6) is 0 Å². The molecule has 1 aliphatic heterocycles. The summed E-state index contributed by atoms with van der Waals surface area (Å²) in [4.78, 5) is 12.5. The van der Waals surface area contributed by atoms with Crippen molar-refractivity contribution in [3.8, 4) is 11.1 Å². The Morgan fingerprint density at radius 2 is 1.53 bits per heavy atom. The summed E-state index contributed by atoms with van der Waals surface area (Å²) in [5.41, 5.74) is 3.00. The lowest BCUT2D eigenvalue weighted by Crippen LogP contribution is -2.25. The molecule has 0 saturated carbocycles. The fourth-order valence-corrected chi connectivity index (χ4v) is 4.66. The van der Waals surface area contributed by atoms with Gasteiger partial charge in [-0.1, -0.05) is 72.8 Å². The number of rotatable bonds is 7. The molecule has 0 spiro atoms. The number of benzene rings is 3. The fraction of sp³-hybridized carbons (Fsp3) is 0.240. The summed E-state index contributed by atoms with van der Waals surface area (Å²) in [5, 5.41) is 10.4. The molecule has 1 saturated heterocycles. The van der Waals surface area contributed by atoms with Crippen LogP contribution in [0, 0.1) is 0 Å². The minimum atomic E-state index is -0.733. The van der Waals surface area contributed by atoms with Crippen molar-refractivity contribution >= 4 is 17.7 Å². The zero-order chi connectivity index (χ0) is 20.8. The highest BCUT2D eigenvalue weighted by molar-refractivity contribution is 8.00. The van der Waals surface area contributed by atoms with Gasteiger partial charge in [-0.3, -0.25) is 0 Å². The van der Waals surface area contributed by atoms with Crippen LogP contribution in [0.2, 0.25) is 0 Å². The molecule has 4 rings (SSSR count). The van der Waals surface area contributed by atoms with E-state index in [0.29, 0.717) is 25.2 Å². The zero-order valence-corrected chi connectivity index (χ0v) is 17.3. The predicted octanol–water partition coefficient (Wildman–Crippen LogP) is 4.92. The molecule has 1 heterocycles. The second kappa shape index (κ2) is 9.94. The number of ether oxygens (including phenoxy) is 2. The van der Waals surface area contributed by atoms with Gasteiger partial charge < -0.3 is 14.6 Å². The number of hydrogen-bond donors (Lipinski definition) is 1. The summed E-state index contributed by atoms with van der Waals surface area (Å²) in [6, 6.07) is 27.3. The molecular formula is C25H24O4S. The molecule has 1 fully saturated rings. The van der Waals surface area contributed by atoms with E-state index < -0.39 is 17.5 Å². The van der Waals surface area contributed by atoms with Crippen LogP contribution in [-0.2, 0) is 16.1 Å². The molecule has 0 amide bonds. The Bertz CT molecular complexity index is 944. The fourth-order valence-electron chi connectivity index (χ4n) is 3.45. The first-order valence-electron chi connectivity index (χ1n) is 10.0. The first kappa shape index (κ1) is 20.7. The van der Waals surface area contributed by atoms with E-state index >= 15 is 0 Å². The van der Waals surface area contributed by atoms with Gasteiger partial charge in [-0.25, -0.2) is 4.79 Å². The second-order valence-corrected chi connectivity index (χ2v) is 8.69. The lowest BCUT2D eigenvalue weighted by Gasteiger charge is -2.15. The predicted molar refractivity (Wildman–Crippen MR) is 119 cm³/mol. The van der Waals surface area contributed by atoms with Gasteiger partial charge in [0.15, 0.2) is 0 Å². The average Bonchev–Trinajstić information content (AvgIpc) is 3.14. The number of aliphatic hydroxyl groups excluding tert-OH is 1. The smallest absolute Gasteiger partial charge is 0.338 e. The molecular weight excluding hydrogens is 396 g/mol. The van der Waals surface area contributed by atoms with E-state index in [1.54, 1.807) is 12.1 Å². The van der Waals surface area contributed by atoms with E-state index in [0.717, 1.165) is 16.7 Å². The maximum absolute atomic E-state index is 12.5. The van der Waals surface area contributed by atoms with Crippen LogP contribution >= 0.6 is 11.8 Å². The molecule has 4 nitrogen and oxygen atoms in total. The number of carbonyl (C=O) groups is 1. The Kier molecular flexibility index (Phi) is 6.84. The lowest BCUT2D eigenvalue weighted by atomic mass is 10.0. The number of hydrogen-bond acceptors (Lipinski definition) is 5. The Labute approximate surface area is 180 Å². The molecule has 0 aliphatic carbocycles. The van der Waals surface area contributed by atoms with Crippen LogP contribution < -0.4 is 0 Å². The largest absolute Gasteiger partial charge is 0.455 e. The van der Waals surface area contributed by atoms with E-state index in [1.807, 2.05) is 72.8 Å². The maximum Gasteiger partial charge on any atom is 0.338 e. The van der Waals surface area contributed by atoms with Crippen molar-refractivity contribution in [1.29, 1.82) is 0 Å². The van der Waals surface area contributed by atoms with Gasteiger partial charge in [0.2, 0.25) is 0 Å². The van der Waals surface area contributed by atoms with E-state index in [2.05, 4.69) is 0 Å². The Morgan fingerprint density at radius 1 is 0.900 bits per heavy atom. The maximum atomic E-state index is 12.5. The number of esters is 1. The quantitative estimate of drug-likeness (QED) is 0.550. The number of aliphatic hydroxyl groups is 1. The molecule has 1 N–H and O–H groups in total. The van der Waals surface area contributed by atoms with Crippen LogP contribution in [0.3, 0.4) is 0 Å². The standard InChI is InChI=1S/C25H24O4S/c26-24(21-13-11-20(12-14-21)19-9-5-2-6-10-19)29-23-15-22(30-25(23)27)17-28-16-18-7-3-1-4-8-18/h1-14,22-23,25,27H,15-17H2/t22-,23-,25?/m0/s1. The van der Waals surface area contributed by atoms with Gasteiger partial charge in [-0.05, 0) is 28.8 Å². The third kappa shape index (κ3) is 5.30. The SMILES string of the molecule is O=C(O[C@H]1C[C@@H](COCc2ccccc2)SC1O)c1ccc(-c2ccccc2)cc1. The highest BCUT2D eigenvalue weighted by atomic mass is 32.2. The Morgan fingerprint density at radius 3 is 2.23 bits per heavy atom. The van der Waals surface area contributed by atoms with Gasteiger partial charge in [0.05, 0.1) is 18.8 Å². The molecule has 3 aromatic rings. The van der Waals surface area contributed by atoms with Crippen LogP contribution in [-0.4, -0.2) is 34.5 Å². The van der Waals surface area contributed by atoms with Crippen LogP contribution in [0.4, 0.5) is 0 Å². The zero-order valence-electron chi connectivity index (χ0n) is 16.5. The number of thioether (sulfide) groups is 1. The summed E-state index contributed by atoms with van der Waals surface area (Å²) in [6.45, 7) is 1.04. The van der Waals surface area contributed by atoms with Crippen molar-refractivity contribution in [2.75, 3.05) is 6.61 Å². The van der Waals surface area contributed by atoms with Gasteiger partial charge in [0.25, 0.3) is 0 Å². The molecule has 5 heteroatoms. The molecule has 3 atom stereocenters. The summed E-state index contributed by atoms with van der Waals surface area (Å²) in [5.74, 6) is -0.412. The van der Waals surface area contributed by atoms with E-state index in [4.69, 9.17) is 9.47 Å². The van der Waals surface area contributed by atoms with Crippen molar-refractivity contribution in [2.24, 2.45) is 0 Å². The average molecular weight is 421 g/mol. The summed E-state index contributed by atoms with van der Waals surface area (Å²) in [7, 11) is 0. The van der Waals surface area contributed by atoms with Crippen molar-refractivity contribution in [3.05, 3.63) is 96.1 Å². The molecule has 0 aromatic heterocycles. The monoisotopic (exact) mass is 420 g/mol. The van der Waals surface area contributed by atoms with Crippen molar-refractivity contribution in [2.45, 2.75) is 29.8 Å². The van der Waals surface area contributed by atoms with E-state index in [1.165, 1.54) is 11.8 Å². The summed E-state index contributed by atoms with van der Waals surface area (Å²) >= 11 is 1.40. The van der Waals surface area contributed by atoms with Gasteiger partial charge in [0, 0.05) is 11.7 Å². The minimum absolute atomic E-state index is 0.0990. The second-order valence-electron chi connectivity index (χ2n) is 7.27. The first-order valence-corrected chi connectivity index (χ1v) is 10.9. The van der Waals surface area contributed by atoms with Gasteiger partial charge in [0.1, 0.15) is 11.5 Å². The van der Waals surface area contributed by atoms with Crippen LogP contribution in [0.25, 0.3) is 11.1 Å². The minimum Gasteiger partial charge on any atom is -0.455 e. The lowest BCUT2D eigenvalue weighted by molar-refractivity contribution is 0.00620. The molecule has 154 valence electrons. The summed E-state index contributed by atoms with van der Waals surface area (Å²) < 4.78 is 11.4. The molecule has 1 unspecified atom stereocenters. The highest BCUT2D eigenvalue weighted by Gasteiger charge is 2.36. The van der Waals surface area contributed by atoms with Crippen molar-refractivity contribution in [1.82, 2.24) is 0 Å². The van der Waals surface area contributed by atoms with Gasteiger partial charge in [-0.15, -0.1) is 11.8 Å². The number of carbonyl (C=O) groups excluding carboxylic acids is 1. The van der Waals surface area contributed by atoms with Crippen LogP contribution in [0.15, 0.2) is 84.9 Å². The molecule has 30 heavy (non-hydrogen) atoms. The normalized spacial score (nSPS) is 20.8. The Hall–Kier alpha value is -2.60. The van der Waals surface area contributed by atoms with E-state index in [9.17, 15) is 9.90 Å². The topological polar surface area (TPSA) is 55.8 Å². The highest BCUT2D eigenvalue weighted by Crippen LogP contribution is 2.35. The summed E-state index contributed by atoms with van der Waals surface area (Å²) in [6.07, 6.45) is 0.0516.